The number of alkyl halides is 3. The quantitative estimate of drug-likeness (QED) is 0.198. The Morgan fingerprint density at radius 1 is 1.00 bits per heavy atom. The summed E-state index contributed by atoms with van der Waals surface area (Å²) in [4.78, 5) is 26.5. The number of rotatable bonds is 8. The molecule has 2 N–H and O–H groups in total. The number of halogens is 3. The van der Waals surface area contributed by atoms with Crippen LogP contribution in [0.25, 0.3) is 22.0 Å². The smallest absolute Gasteiger partial charge is 0.344 e. The Morgan fingerprint density at radius 3 is 2.60 bits per heavy atom. The first-order valence-electron chi connectivity index (χ1n) is 14.3. The van der Waals surface area contributed by atoms with Crippen LogP contribution in [-0.2, 0) is 6.18 Å². The number of carbonyl (C=O) groups is 1. The summed E-state index contributed by atoms with van der Waals surface area (Å²) >= 11 is 0. The second-order valence-corrected chi connectivity index (χ2v) is 11.3. The van der Waals surface area contributed by atoms with Gasteiger partial charge >= 0.3 is 6.18 Å². The van der Waals surface area contributed by atoms with E-state index in [4.69, 9.17) is 0 Å². The minimum absolute atomic E-state index is 0.137. The summed E-state index contributed by atoms with van der Waals surface area (Å²) in [5.74, 6) is 0.521. The van der Waals surface area contributed by atoms with Crippen molar-refractivity contribution in [3.8, 4) is 11.1 Å². The summed E-state index contributed by atoms with van der Waals surface area (Å²) in [5, 5.41) is 11.3. The van der Waals surface area contributed by atoms with Gasteiger partial charge in [0.25, 0.3) is 5.91 Å². The Labute approximate surface area is 245 Å². The minimum Gasteiger partial charge on any atom is -0.344 e. The van der Waals surface area contributed by atoms with E-state index < -0.39 is 17.8 Å². The monoisotopic (exact) mass is 583 g/mol. The third kappa shape index (κ3) is 5.79. The Hall–Kier alpha value is -4.80. The number of hydrogen-bond donors (Lipinski definition) is 2. The number of benzene rings is 2. The molecule has 2 aliphatic carbocycles. The fourth-order valence-electron chi connectivity index (χ4n) is 5.24. The van der Waals surface area contributed by atoms with Gasteiger partial charge in [-0.3, -0.25) is 14.5 Å². The van der Waals surface area contributed by atoms with Gasteiger partial charge in [-0.15, -0.1) is 0 Å². The standard InChI is InChI=1S/C32H28F3N7O/c1-18(29-14-23(10-11-36-29)32(33,34)35)39-30(43)21-4-8-26(19-2-3-19)27(13-21)20-5-9-28-22(12-20)15-37-31(41-28)40-24-16-38-42(17-24)25-6-7-25/h4-5,8-19,25H,2-3,6-7H2,1H3,(H,39,43)(H,37,40,41). The summed E-state index contributed by atoms with van der Waals surface area (Å²) in [6.07, 6.45) is 6.61. The number of anilines is 2. The molecule has 3 heterocycles. The molecule has 2 aromatic carbocycles. The van der Waals surface area contributed by atoms with Crippen LogP contribution in [0.15, 0.2) is 73.3 Å². The highest BCUT2D eigenvalue weighted by molar-refractivity contribution is 5.96. The van der Waals surface area contributed by atoms with Gasteiger partial charge in [0, 0.05) is 29.5 Å². The average molecular weight is 584 g/mol. The van der Waals surface area contributed by atoms with Gasteiger partial charge in [-0.2, -0.15) is 18.3 Å². The predicted octanol–water partition coefficient (Wildman–Crippen LogP) is 7.35. The maximum atomic E-state index is 13.2. The molecule has 0 saturated heterocycles. The highest BCUT2D eigenvalue weighted by atomic mass is 19.4. The molecule has 218 valence electrons. The molecule has 3 aromatic heterocycles. The SMILES string of the molecule is CC(NC(=O)c1ccc(C2CC2)c(-c2ccc3nc(Nc4cnn(C5CC5)c4)ncc3c2)c1)c1cc(C(F)(F)F)ccn1. The maximum Gasteiger partial charge on any atom is 0.416 e. The molecule has 2 fully saturated rings. The molecule has 0 aliphatic heterocycles. The Morgan fingerprint density at radius 2 is 1.84 bits per heavy atom. The van der Waals surface area contributed by atoms with Crippen molar-refractivity contribution in [2.75, 3.05) is 5.32 Å². The van der Waals surface area contributed by atoms with Crippen LogP contribution >= 0.6 is 0 Å². The Balaban J connectivity index is 1.13. The number of aromatic nitrogens is 5. The van der Waals surface area contributed by atoms with Crippen LogP contribution in [0.1, 0.15) is 77.8 Å². The van der Waals surface area contributed by atoms with Crippen molar-refractivity contribution in [3.63, 3.8) is 0 Å². The van der Waals surface area contributed by atoms with Gasteiger partial charge in [0.1, 0.15) is 0 Å². The highest BCUT2D eigenvalue weighted by Crippen LogP contribution is 2.45. The Kier molecular flexibility index (Phi) is 6.60. The number of hydrogen-bond acceptors (Lipinski definition) is 6. The average Bonchev–Trinajstić information content (AvgIpc) is 3.95. The zero-order valence-corrected chi connectivity index (χ0v) is 23.3. The molecule has 2 saturated carbocycles. The van der Waals surface area contributed by atoms with Crippen LogP contribution in [0.2, 0.25) is 0 Å². The normalized spacial score (nSPS) is 15.8. The Bertz CT molecular complexity index is 1840. The fourth-order valence-corrected chi connectivity index (χ4v) is 5.24. The molecule has 2 aliphatic rings. The zero-order chi connectivity index (χ0) is 29.7. The number of nitrogens with zero attached hydrogens (tertiary/aromatic N) is 5. The minimum atomic E-state index is -4.49. The lowest BCUT2D eigenvalue weighted by molar-refractivity contribution is -0.137. The highest BCUT2D eigenvalue weighted by Gasteiger charge is 2.31. The molecule has 7 rings (SSSR count). The molecule has 1 atom stereocenters. The van der Waals surface area contributed by atoms with E-state index in [1.165, 1.54) is 0 Å². The van der Waals surface area contributed by atoms with Crippen molar-refractivity contribution in [2.24, 2.45) is 0 Å². The largest absolute Gasteiger partial charge is 0.416 e. The van der Waals surface area contributed by atoms with Crippen molar-refractivity contribution in [1.82, 2.24) is 30.0 Å². The molecule has 1 unspecified atom stereocenters. The van der Waals surface area contributed by atoms with E-state index in [0.717, 1.165) is 77.3 Å². The predicted molar refractivity (Wildman–Crippen MR) is 156 cm³/mol. The van der Waals surface area contributed by atoms with Crippen molar-refractivity contribution < 1.29 is 18.0 Å². The number of pyridine rings is 1. The summed E-state index contributed by atoms with van der Waals surface area (Å²) in [6.45, 7) is 1.62. The lowest BCUT2D eigenvalue weighted by atomic mass is 9.93. The molecule has 0 bridgehead atoms. The molecule has 1 amide bonds. The van der Waals surface area contributed by atoms with Gasteiger partial charge in [0.05, 0.1) is 40.7 Å². The number of fused-ring (bicyclic) bond motifs is 1. The van der Waals surface area contributed by atoms with Crippen molar-refractivity contribution in [2.45, 2.75) is 56.8 Å². The lowest BCUT2D eigenvalue weighted by Gasteiger charge is -2.17. The molecular formula is C32H28F3N7O. The van der Waals surface area contributed by atoms with E-state index in [1.807, 2.05) is 41.2 Å². The van der Waals surface area contributed by atoms with E-state index >= 15 is 0 Å². The maximum absolute atomic E-state index is 13.2. The number of amides is 1. The summed E-state index contributed by atoms with van der Waals surface area (Å²) in [7, 11) is 0. The molecule has 5 aromatic rings. The molecule has 0 spiro atoms. The molecule has 43 heavy (non-hydrogen) atoms. The summed E-state index contributed by atoms with van der Waals surface area (Å²) < 4.78 is 41.5. The van der Waals surface area contributed by atoms with Crippen molar-refractivity contribution in [3.05, 3.63) is 95.7 Å². The van der Waals surface area contributed by atoms with Crippen LogP contribution in [0.3, 0.4) is 0 Å². The van der Waals surface area contributed by atoms with Crippen LogP contribution in [-0.4, -0.2) is 30.6 Å². The number of nitrogens with one attached hydrogen (secondary N) is 2. The third-order valence-corrected chi connectivity index (χ3v) is 7.90. The van der Waals surface area contributed by atoms with E-state index in [0.29, 0.717) is 23.5 Å². The van der Waals surface area contributed by atoms with Gasteiger partial charge in [0.2, 0.25) is 5.95 Å². The van der Waals surface area contributed by atoms with E-state index in [1.54, 1.807) is 25.4 Å². The fraction of sp³-hybridized carbons (Fsp3) is 0.281. The van der Waals surface area contributed by atoms with Gasteiger partial charge in [-0.25, -0.2) is 9.97 Å². The topological polar surface area (TPSA) is 97.6 Å². The van der Waals surface area contributed by atoms with E-state index in [9.17, 15) is 18.0 Å². The molecule has 8 nitrogen and oxygen atoms in total. The van der Waals surface area contributed by atoms with Crippen LogP contribution < -0.4 is 10.6 Å². The van der Waals surface area contributed by atoms with Gasteiger partial charge in [0.15, 0.2) is 0 Å². The first kappa shape index (κ1) is 27.1. The number of carbonyl (C=O) groups excluding carboxylic acids is 1. The third-order valence-electron chi connectivity index (χ3n) is 7.90. The first-order chi connectivity index (χ1) is 20.7. The van der Waals surface area contributed by atoms with Crippen molar-refractivity contribution in [1.29, 1.82) is 0 Å². The van der Waals surface area contributed by atoms with Crippen LogP contribution in [0, 0.1) is 0 Å². The molecule has 0 radical (unpaired) electrons. The van der Waals surface area contributed by atoms with Crippen LogP contribution in [0.4, 0.5) is 24.8 Å². The van der Waals surface area contributed by atoms with Gasteiger partial charge < -0.3 is 10.6 Å². The molecule has 11 heteroatoms. The van der Waals surface area contributed by atoms with Crippen molar-refractivity contribution >= 4 is 28.4 Å². The molecular weight excluding hydrogens is 555 g/mol. The van der Waals surface area contributed by atoms with E-state index in [-0.39, 0.29) is 11.6 Å². The second-order valence-electron chi connectivity index (χ2n) is 11.3. The zero-order valence-electron chi connectivity index (χ0n) is 23.3. The second kappa shape index (κ2) is 10.5. The van der Waals surface area contributed by atoms with Gasteiger partial charge in [-0.05, 0) is 91.6 Å². The summed E-state index contributed by atoms with van der Waals surface area (Å²) in [6, 6.07) is 13.2. The van der Waals surface area contributed by atoms with Crippen LogP contribution in [0.5, 0.6) is 0 Å². The first-order valence-corrected chi connectivity index (χ1v) is 14.3. The van der Waals surface area contributed by atoms with E-state index in [2.05, 4.69) is 30.7 Å². The summed E-state index contributed by atoms with van der Waals surface area (Å²) in [5.41, 5.74) is 4.41. The van der Waals surface area contributed by atoms with Gasteiger partial charge in [-0.1, -0.05) is 12.1 Å². The lowest BCUT2D eigenvalue weighted by Crippen LogP contribution is -2.27.